The number of halogens is 1. The molecule has 224 valence electrons. The molecule has 0 aromatic heterocycles. The van der Waals surface area contributed by atoms with Crippen LogP contribution < -0.4 is 5.32 Å². The Morgan fingerprint density at radius 1 is 0.944 bits per heavy atom. The summed E-state index contributed by atoms with van der Waals surface area (Å²) in [6, 6.07) is 0.608. The Hall–Kier alpha value is 0.320. The number of rotatable bonds is 9. The van der Waals surface area contributed by atoms with E-state index in [2.05, 4.69) is 49.1 Å². The second kappa shape index (κ2) is 20.3. The van der Waals surface area contributed by atoms with E-state index in [1.807, 2.05) is 11.9 Å². The molecule has 0 aromatic rings. The van der Waals surface area contributed by atoms with E-state index in [1.165, 1.54) is 83.5 Å². The molecule has 0 unspecified atom stereocenters. The summed E-state index contributed by atoms with van der Waals surface area (Å²) in [7, 11) is 0. The molecule has 11 N–H and O–H groups in total. The number of nitrogens with zero attached hydrogens (tertiary/aromatic N) is 2. The Balaban J connectivity index is -0.000000853. The van der Waals surface area contributed by atoms with Gasteiger partial charge in [0.2, 0.25) is 0 Å². The van der Waals surface area contributed by atoms with Crippen LogP contribution in [0.4, 0.5) is 0 Å². The molecule has 3 atom stereocenters. The molecule has 2 saturated heterocycles. The van der Waals surface area contributed by atoms with Gasteiger partial charge in [-0.25, -0.2) is 0 Å². The van der Waals surface area contributed by atoms with Crippen LogP contribution in [0.2, 0.25) is 0 Å². The largest absolute Gasteiger partial charge is 0.412 e. The Labute approximate surface area is 231 Å². The van der Waals surface area contributed by atoms with E-state index in [1.54, 1.807) is 0 Å². The Morgan fingerprint density at radius 2 is 1.56 bits per heavy atom. The second-order valence-corrected chi connectivity index (χ2v) is 13.3. The SMILES string of the molecule is C.CCSN1CC[C@@H](CN[C@@H](CN2CC[C@H](C3CCC(Cl)CC3)C(C)(C)C2)C(C)C)C1.O.O.O.O.O. The lowest BCUT2D eigenvalue weighted by atomic mass is 9.64. The van der Waals surface area contributed by atoms with Crippen molar-refractivity contribution in [3.63, 3.8) is 0 Å². The Bertz CT molecular complexity index is 528. The van der Waals surface area contributed by atoms with E-state index in [0.717, 1.165) is 17.8 Å². The summed E-state index contributed by atoms with van der Waals surface area (Å²) in [6.07, 6.45) is 7.91. The molecule has 3 rings (SSSR count). The molecule has 0 radical (unpaired) electrons. The van der Waals surface area contributed by atoms with Crippen molar-refractivity contribution < 1.29 is 27.4 Å². The number of nitrogens with one attached hydrogen (secondary N) is 1. The highest BCUT2D eigenvalue weighted by Gasteiger charge is 2.41. The van der Waals surface area contributed by atoms with Crippen LogP contribution in [-0.2, 0) is 0 Å². The molecule has 36 heavy (non-hydrogen) atoms. The van der Waals surface area contributed by atoms with Gasteiger partial charge in [-0.05, 0) is 80.7 Å². The quantitative estimate of drug-likeness (QED) is 0.334. The van der Waals surface area contributed by atoms with Crippen molar-refractivity contribution >= 4 is 23.5 Å². The normalized spacial score (nSPS) is 28.8. The monoisotopic (exact) mass is 563 g/mol. The first-order valence-corrected chi connectivity index (χ1v) is 14.1. The fourth-order valence-corrected chi connectivity index (χ4v) is 7.53. The van der Waals surface area contributed by atoms with Gasteiger partial charge in [0.05, 0.1) is 0 Å². The molecule has 2 aliphatic heterocycles. The van der Waals surface area contributed by atoms with E-state index in [0.29, 0.717) is 22.8 Å². The molecule has 3 aliphatic rings. The van der Waals surface area contributed by atoms with Crippen molar-refractivity contribution in [1.82, 2.24) is 14.5 Å². The summed E-state index contributed by atoms with van der Waals surface area (Å²) >= 11 is 8.40. The van der Waals surface area contributed by atoms with E-state index < -0.39 is 0 Å². The average molecular weight is 564 g/mol. The number of hydrogen-bond donors (Lipinski definition) is 1. The zero-order valence-electron chi connectivity index (χ0n) is 22.8. The molecule has 0 amide bonds. The van der Waals surface area contributed by atoms with Crippen LogP contribution in [-0.4, -0.2) is 93.0 Å². The second-order valence-electron chi connectivity index (χ2n) is 11.4. The minimum Gasteiger partial charge on any atom is -0.412 e. The third kappa shape index (κ3) is 12.5. The van der Waals surface area contributed by atoms with Gasteiger partial charge in [0.25, 0.3) is 0 Å². The van der Waals surface area contributed by atoms with Crippen molar-refractivity contribution in [2.45, 2.75) is 92.0 Å². The maximum absolute atomic E-state index is 6.38. The van der Waals surface area contributed by atoms with Gasteiger partial charge in [-0.2, -0.15) is 0 Å². The van der Waals surface area contributed by atoms with Gasteiger partial charge in [0.15, 0.2) is 0 Å². The minimum absolute atomic E-state index is 0. The first-order chi connectivity index (χ1) is 14.3. The van der Waals surface area contributed by atoms with Crippen LogP contribution >= 0.6 is 23.5 Å². The highest BCUT2D eigenvalue weighted by atomic mass is 35.5. The van der Waals surface area contributed by atoms with E-state index in [-0.39, 0.29) is 34.8 Å². The van der Waals surface area contributed by atoms with Gasteiger partial charge >= 0.3 is 0 Å². The average Bonchev–Trinajstić information content (AvgIpc) is 3.13. The van der Waals surface area contributed by atoms with Gasteiger partial charge in [0.1, 0.15) is 0 Å². The van der Waals surface area contributed by atoms with Crippen molar-refractivity contribution in [3.8, 4) is 0 Å². The van der Waals surface area contributed by atoms with Gasteiger partial charge in [-0.3, -0.25) is 4.31 Å². The molecule has 1 saturated carbocycles. The highest BCUT2D eigenvalue weighted by molar-refractivity contribution is 7.96. The third-order valence-corrected chi connectivity index (χ3v) is 9.54. The summed E-state index contributed by atoms with van der Waals surface area (Å²) in [5.74, 6) is 4.50. The molecule has 8 nitrogen and oxygen atoms in total. The lowest BCUT2D eigenvalue weighted by Gasteiger charge is -2.49. The van der Waals surface area contributed by atoms with Crippen LogP contribution in [0.3, 0.4) is 0 Å². The minimum atomic E-state index is 0. The number of hydrogen-bond acceptors (Lipinski definition) is 4. The lowest BCUT2D eigenvalue weighted by molar-refractivity contribution is 0.00469. The van der Waals surface area contributed by atoms with Gasteiger partial charge in [0, 0.05) is 43.4 Å². The number of likely N-dealkylation sites (tertiary alicyclic amines) is 1. The maximum Gasteiger partial charge on any atom is 0.0336 e. The Kier molecular flexibility index (Phi) is 24.4. The van der Waals surface area contributed by atoms with Crippen molar-refractivity contribution in [2.24, 2.45) is 29.1 Å². The molecule has 3 fully saturated rings. The van der Waals surface area contributed by atoms with Crippen LogP contribution in [0.1, 0.15) is 80.6 Å². The predicted molar refractivity (Wildman–Crippen MR) is 159 cm³/mol. The number of piperidine rings is 1. The molecule has 2 heterocycles. The van der Waals surface area contributed by atoms with Gasteiger partial charge in [-0.15, -0.1) is 11.6 Å². The molecule has 1 aliphatic carbocycles. The predicted octanol–water partition coefficient (Wildman–Crippen LogP) is 2.25. The molecular formula is C26H62ClN3O5S. The molecule has 0 bridgehead atoms. The van der Waals surface area contributed by atoms with Crippen LogP contribution in [0.5, 0.6) is 0 Å². The lowest BCUT2D eigenvalue weighted by Crippen LogP contribution is -2.53. The Morgan fingerprint density at radius 3 is 2.08 bits per heavy atom. The van der Waals surface area contributed by atoms with Gasteiger partial charge < -0.3 is 37.6 Å². The summed E-state index contributed by atoms with van der Waals surface area (Å²) in [5.41, 5.74) is 0.424. The van der Waals surface area contributed by atoms with Gasteiger partial charge in [-0.1, -0.05) is 54.0 Å². The first kappa shape index (κ1) is 43.4. The fourth-order valence-electron chi connectivity index (χ4n) is 6.37. The van der Waals surface area contributed by atoms with Crippen LogP contribution in [0.15, 0.2) is 0 Å². The molecular weight excluding hydrogens is 502 g/mol. The first-order valence-electron chi connectivity index (χ1n) is 12.8. The maximum atomic E-state index is 6.38. The summed E-state index contributed by atoms with van der Waals surface area (Å²) in [5, 5.41) is 4.43. The standard InChI is InChI=1S/C25H48ClN3S.CH4.5H2O/c1-6-30-29-14-11-20(16-29)15-27-24(19(2)3)17-28-13-12-23(25(4,5)18-28)21-7-9-22(26)10-8-21;;;;;;/h19-24,27H,6-18H2,1-5H3;1H4;5*1H2/t20-,21?,22?,23+,24-;;;;;;/m0....../s1. The summed E-state index contributed by atoms with van der Waals surface area (Å²) in [6.45, 7) is 19.6. The topological polar surface area (TPSA) is 176 Å². The van der Waals surface area contributed by atoms with E-state index in [9.17, 15) is 0 Å². The van der Waals surface area contributed by atoms with Crippen LogP contribution in [0.25, 0.3) is 0 Å². The van der Waals surface area contributed by atoms with E-state index >= 15 is 0 Å². The third-order valence-electron chi connectivity index (χ3n) is 8.15. The summed E-state index contributed by atoms with van der Waals surface area (Å²) in [4.78, 5) is 2.77. The zero-order valence-corrected chi connectivity index (χ0v) is 24.4. The molecule has 10 heteroatoms. The zero-order chi connectivity index (χ0) is 21.7. The number of alkyl halides is 1. The van der Waals surface area contributed by atoms with Crippen molar-refractivity contribution in [2.75, 3.05) is 45.0 Å². The smallest absolute Gasteiger partial charge is 0.0336 e. The van der Waals surface area contributed by atoms with Crippen LogP contribution in [0, 0.1) is 29.1 Å². The molecule has 0 aromatic carbocycles. The highest BCUT2D eigenvalue weighted by Crippen LogP contribution is 2.45. The van der Waals surface area contributed by atoms with E-state index in [4.69, 9.17) is 11.6 Å². The van der Waals surface area contributed by atoms with Crippen molar-refractivity contribution in [3.05, 3.63) is 0 Å². The summed E-state index contributed by atoms with van der Waals surface area (Å²) < 4.78 is 2.57. The fraction of sp³-hybridized carbons (Fsp3) is 1.00. The van der Waals surface area contributed by atoms with Crippen molar-refractivity contribution in [1.29, 1.82) is 0 Å². The molecule has 0 spiro atoms.